The Morgan fingerprint density at radius 3 is 1.86 bits per heavy atom. The van der Waals surface area contributed by atoms with Crippen molar-refractivity contribution in [2.75, 3.05) is 26.4 Å². The molecule has 0 saturated carbocycles. The monoisotopic (exact) mass is 695 g/mol. The van der Waals surface area contributed by atoms with Gasteiger partial charge in [-0.2, -0.15) is 0 Å². The number of unbranched alkanes of at least 4 members (excludes halogenated alkanes) is 12. The Morgan fingerprint density at radius 1 is 0.673 bits per heavy atom. The highest BCUT2D eigenvalue weighted by Gasteiger charge is 2.44. The van der Waals surface area contributed by atoms with Crippen molar-refractivity contribution in [3.05, 3.63) is 48.6 Å². The Bertz CT molecular complexity index is 885. The zero-order valence-corrected chi connectivity index (χ0v) is 30.7. The first-order valence-corrected chi connectivity index (χ1v) is 19.2. The van der Waals surface area contributed by atoms with Crippen molar-refractivity contribution in [2.45, 2.75) is 173 Å². The number of hydrogen-bond acceptors (Lipinski definition) is 9. The van der Waals surface area contributed by atoms with E-state index in [0.29, 0.717) is 13.0 Å². The molecular formula is C40H70O9. The Kier molecular flexibility index (Phi) is 29.6. The number of aliphatic hydroxyl groups is 4. The summed E-state index contributed by atoms with van der Waals surface area (Å²) in [5.41, 5.74) is 0. The number of allylic oxidation sites excluding steroid dienone is 8. The Morgan fingerprint density at radius 2 is 1.24 bits per heavy atom. The maximum absolute atomic E-state index is 12.7. The average molecular weight is 695 g/mol. The predicted octanol–water partition coefficient (Wildman–Crippen LogP) is 7.41. The third kappa shape index (κ3) is 24.1. The molecule has 0 aromatic heterocycles. The first-order valence-electron chi connectivity index (χ1n) is 19.2. The van der Waals surface area contributed by atoms with Gasteiger partial charge in [-0.1, -0.05) is 127 Å². The second-order valence-electron chi connectivity index (χ2n) is 13.0. The molecule has 1 fully saturated rings. The lowest BCUT2D eigenvalue weighted by Crippen LogP contribution is -2.59. The lowest BCUT2D eigenvalue weighted by molar-refractivity contribution is -0.305. The average Bonchev–Trinajstić information content (AvgIpc) is 3.10. The van der Waals surface area contributed by atoms with Crippen LogP contribution in [0.1, 0.15) is 136 Å². The van der Waals surface area contributed by atoms with Crippen LogP contribution in [-0.4, -0.2) is 89.6 Å². The number of aliphatic hydroxyl groups excluding tert-OH is 4. The first kappa shape index (κ1) is 45.2. The van der Waals surface area contributed by atoms with E-state index in [1.807, 2.05) is 0 Å². The number of carbonyl (C=O) groups is 1. The second-order valence-corrected chi connectivity index (χ2v) is 13.0. The van der Waals surface area contributed by atoms with Gasteiger partial charge >= 0.3 is 5.97 Å². The van der Waals surface area contributed by atoms with Crippen LogP contribution in [0.2, 0.25) is 0 Å². The van der Waals surface area contributed by atoms with Gasteiger partial charge in [0.15, 0.2) is 6.29 Å². The van der Waals surface area contributed by atoms with E-state index in [-0.39, 0.29) is 19.2 Å². The van der Waals surface area contributed by atoms with Crippen LogP contribution in [0, 0.1) is 0 Å². The van der Waals surface area contributed by atoms with Gasteiger partial charge in [0.05, 0.1) is 19.8 Å². The Hall–Kier alpha value is -1.85. The van der Waals surface area contributed by atoms with E-state index in [2.05, 4.69) is 62.5 Å². The van der Waals surface area contributed by atoms with Crippen molar-refractivity contribution in [1.29, 1.82) is 0 Å². The number of esters is 1. The van der Waals surface area contributed by atoms with Crippen molar-refractivity contribution in [2.24, 2.45) is 0 Å². The number of rotatable bonds is 31. The van der Waals surface area contributed by atoms with Crippen molar-refractivity contribution in [3.8, 4) is 0 Å². The van der Waals surface area contributed by atoms with Crippen LogP contribution >= 0.6 is 0 Å². The van der Waals surface area contributed by atoms with Gasteiger partial charge in [0.2, 0.25) is 0 Å². The number of hydrogen-bond donors (Lipinski definition) is 4. The molecule has 9 nitrogen and oxygen atoms in total. The molecule has 1 rings (SSSR count). The summed E-state index contributed by atoms with van der Waals surface area (Å²) in [5.74, 6) is -0.330. The van der Waals surface area contributed by atoms with Crippen LogP contribution in [0.4, 0.5) is 0 Å². The lowest BCUT2D eigenvalue weighted by atomic mass is 9.99. The zero-order chi connectivity index (χ0) is 35.8. The summed E-state index contributed by atoms with van der Waals surface area (Å²) in [6.07, 6.45) is 30.0. The van der Waals surface area contributed by atoms with Crippen molar-refractivity contribution < 1.29 is 44.2 Å². The van der Waals surface area contributed by atoms with Gasteiger partial charge in [0, 0.05) is 13.0 Å². The minimum Gasteiger partial charge on any atom is -0.457 e. The molecule has 6 atom stereocenters. The maximum Gasteiger partial charge on any atom is 0.306 e. The Balaban J connectivity index is 2.35. The van der Waals surface area contributed by atoms with Crippen molar-refractivity contribution >= 4 is 5.97 Å². The molecule has 0 amide bonds. The minimum atomic E-state index is -1.54. The van der Waals surface area contributed by atoms with Crippen molar-refractivity contribution in [3.63, 3.8) is 0 Å². The second kappa shape index (κ2) is 32.1. The largest absolute Gasteiger partial charge is 0.457 e. The van der Waals surface area contributed by atoms with Gasteiger partial charge in [-0.3, -0.25) is 4.79 Å². The minimum absolute atomic E-state index is 0.123. The fourth-order valence-corrected chi connectivity index (χ4v) is 5.48. The van der Waals surface area contributed by atoms with Crippen LogP contribution in [-0.2, 0) is 23.7 Å². The summed E-state index contributed by atoms with van der Waals surface area (Å²) in [6.45, 7) is 4.33. The standard InChI is InChI=1S/C40H70O9/c1-3-5-7-9-11-13-15-16-17-18-19-20-22-24-26-28-30-46-32-34(33-47-40-39(45)38(44)37(43)35(31-41)49-40)48-36(42)29-27-25-23-21-14-12-10-8-6-4-2/h5,7,11,13,16-17,19-20,34-35,37-41,43-45H,3-4,6,8-10,12,14-15,18,21-33H2,1-2H3/b7-5-,13-11-,17-16-,20-19-. The van der Waals surface area contributed by atoms with Crippen LogP contribution in [0.3, 0.4) is 0 Å². The van der Waals surface area contributed by atoms with Gasteiger partial charge < -0.3 is 39.4 Å². The van der Waals surface area contributed by atoms with Crippen molar-refractivity contribution in [1.82, 2.24) is 0 Å². The summed E-state index contributed by atoms with van der Waals surface area (Å²) >= 11 is 0. The summed E-state index contributed by atoms with van der Waals surface area (Å²) in [5, 5.41) is 39.9. The molecule has 0 bridgehead atoms. The van der Waals surface area contributed by atoms with Gasteiger partial charge in [-0.05, 0) is 51.4 Å². The highest BCUT2D eigenvalue weighted by atomic mass is 16.7. The van der Waals surface area contributed by atoms with E-state index in [0.717, 1.165) is 70.6 Å². The fourth-order valence-electron chi connectivity index (χ4n) is 5.48. The van der Waals surface area contributed by atoms with Gasteiger partial charge in [-0.25, -0.2) is 0 Å². The molecule has 6 unspecified atom stereocenters. The summed E-state index contributed by atoms with van der Waals surface area (Å²) in [6, 6.07) is 0. The maximum atomic E-state index is 12.7. The molecule has 0 spiro atoms. The molecule has 9 heteroatoms. The van der Waals surface area contributed by atoms with E-state index in [4.69, 9.17) is 18.9 Å². The van der Waals surface area contributed by atoms with Crippen LogP contribution < -0.4 is 0 Å². The van der Waals surface area contributed by atoms with Crippen LogP contribution in [0.15, 0.2) is 48.6 Å². The molecular weight excluding hydrogens is 624 g/mol. The number of carbonyl (C=O) groups excluding carboxylic acids is 1. The van der Waals surface area contributed by atoms with E-state index in [9.17, 15) is 25.2 Å². The van der Waals surface area contributed by atoms with E-state index < -0.39 is 43.4 Å². The lowest BCUT2D eigenvalue weighted by Gasteiger charge is -2.39. The molecule has 0 aromatic rings. The smallest absolute Gasteiger partial charge is 0.306 e. The Labute approximate surface area is 297 Å². The fraction of sp³-hybridized carbons (Fsp3) is 0.775. The summed E-state index contributed by atoms with van der Waals surface area (Å²) in [7, 11) is 0. The predicted molar refractivity (Wildman–Crippen MR) is 196 cm³/mol. The molecule has 0 aliphatic carbocycles. The van der Waals surface area contributed by atoms with E-state index in [1.54, 1.807) is 0 Å². The molecule has 4 N–H and O–H groups in total. The number of ether oxygens (including phenoxy) is 4. The molecule has 0 aromatic carbocycles. The highest BCUT2D eigenvalue weighted by molar-refractivity contribution is 5.69. The SMILES string of the molecule is CC/C=C\C/C=C\C/C=C\C/C=C\CCCCCOCC(COC1OC(CO)C(O)C(O)C1O)OC(=O)CCCCCCCCCCCC. The summed E-state index contributed by atoms with van der Waals surface area (Å²) < 4.78 is 22.6. The molecule has 1 saturated heterocycles. The molecule has 1 aliphatic heterocycles. The molecule has 49 heavy (non-hydrogen) atoms. The molecule has 1 heterocycles. The van der Waals surface area contributed by atoms with Crippen LogP contribution in [0.5, 0.6) is 0 Å². The zero-order valence-electron chi connectivity index (χ0n) is 30.7. The quantitative estimate of drug-likeness (QED) is 0.0333. The summed E-state index contributed by atoms with van der Waals surface area (Å²) in [4.78, 5) is 12.7. The van der Waals surface area contributed by atoms with E-state index >= 15 is 0 Å². The van der Waals surface area contributed by atoms with Gasteiger partial charge in [-0.15, -0.1) is 0 Å². The normalized spacial score (nSPS) is 22.3. The third-order valence-corrected chi connectivity index (χ3v) is 8.51. The first-order chi connectivity index (χ1) is 23.9. The van der Waals surface area contributed by atoms with Crippen LogP contribution in [0.25, 0.3) is 0 Å². The molecule has 284 valence electrons. The highest BCUT2D eigenvalue weighted by Crippen LogP contribution is 2.22. The topological polar surface area (TPSA) is 135 Å². The van der Waals surface area contributed by atoms with E-state index in [1.165, 1.54) is 44.9 Å². The third-order valence-electron chi connectivity index (χ3n) is 8.51. The van der Waals surface area contributed by atoms with Gasteiger partial charge in [0.25, 0.3) is 0 Å². The molecule has 1 aliphatic rings. The van der Waals surface area contributed by atoms with Gasteiger partial charge in [0.1, 0.15) is 30.5 Å². The molecule has 0 radical (unpaired) electrons.